The van der Waals surface area contributed by atoms with Gasteiger partial charge in [-0.05, 0) is 89.9 Å². The van der Waals surface area contributed by atoms with Gasteiger partial charge in [-0.3, -0.25) is 9.78 Å². The normalized spacial score (nSPS) is 20.6. The van der Waals surface area contributed by atoms with Crippen LogP contribution in [0.5, 0.6) is 0 Å². The van der Waals surface area contributed by atoms with Crippen LogP contribution in [-0.2, 0) is 11.2 Å². The Hall–Kier alpha value is -4.43. The first-order chi connectivity index (χ1) is 21.9. The van der Waals surface area contributed by atoms with Gasteiger partial charge in [-0.15, -0.1) is 5.10 Å². The Labute approximate surface area is 267 Å². The summed E-state index contributed by atoms with van der Waals surface area (Å²) in [6, 6.07) is 29.1. The second-order valence-corrected chi connectivity index (χ2v) is 12.9. The Morgan fingerprint density at radius 2 is 1.82 bits per heavy atom. The third-order valence-electron chi connectivity index (χ3n) is 9.35. The second kappa shape index (κ2) is 12.2. The van der Waals surface area contributed by atoms with Gasteiger partial charge in [-0.25, -0.2) is 4.39 Å². The predicted molar refractivity (Wildman–Crippen MR) is 172 cm³/mol. The number of nitrogens with zero attached hydrogens (tertiary/aromatic N) is 6. The number of carbonyl (C=O) groups excluding carboxylic acids is 1. The zero-order valence-electron chi connectivity index (χ0n) is 25.1. The van der Waals surface area contributed by atoms with Gasteiger partial charge in [0, 0.05) is 47.0 Å². The molecule has 3 aromatic carbocycles. The number of alkyl halides is 1. The average molecular weight is 621 g/mol. The topological polar surface area (TPSA) is 76.8 Å². The summed E-state index contributed by atoms with van der Waals surface area (Å²) in [7, 11) is 0. The Morgan fingerprint density at radius 3 is 2.51 bits per heavy atom. The largest absolute Gasteiger partial charge is 0.342 e. The molecule has 2 fully saturated rings. The quantitative estimate of drug-likeness (QED) is 0.183. The minimum atomic E-state index is -1.33. The van der Waals surface area contributed by atoms with Gasteiger partial charge in [0.2, 0.25) is 5.91 Å². The molecule has 0 spiro atoms. The highest BCUT2D eigenvalue weighted by molar-refractivity contribution is 6.31. The average Bonchev–Trinajstić information content (AvgIpc) is 3.42. The zero-order valence-corrected chi connectivity index (χ0v) is 25.8. The van der Waals surface area contributed by atoms with Gasteiger partial charge in [0.05, 0.1) is 11.6 Å². The van der Waals surface area contributed by atoms with Crippen LogP contribution >= 0.6 is 11.6 Å². The van der Waals surface area contributed by atoms with Crippen molar-refractivity contribution in [1.29, 1.82) is 0 Å². The number of pyridine rings is 1. The Kier molecular flexibility index (Phi) is 7.92. The third-order valence-corrected chi connectivity index (χ3v) is 9.59. The summed E-state index contributed by atoms with van der Waals surface area (Å²) in [5, 5.41) is 12.3. The molecule has 1 aliphatic carbocycles. The van der Waals surface area contributed by atoms with E-state index in [1.54, 1.807) is 11.0 Å². The highest BCUT2D eigenvalue weighted by atomic mass is 35.5. The molecule has 1 amide bonds. The first kappa shape index (κ1) is 29.3. The number of rotatable bonds is 8. The van der Waals surface area contributed by atoms with E-state index in [1.807, 2.05) is 35.4 Å². The smallest absolute Gasteiger partial charge is 0.229 e. The van der Waals surface area contributed by atoms with Crippen molar-refractivity contribution in [1.82, 2.24) is 30.1 Å². The Morgan fingerprint density at radius 1 is 1.02 bits per heavy atom. The summed E-state index contributed by atoms with van der Waals surface area (Å²) in [6.07, 6.45) is 6.37. The van der Waals surface area contributed by atoms with E-state index in [0.29, 0.717) is 30.5 Å². The minimum Gasteiger partial charge on any atom is -0.342 e. The lowest BCUT2D eigenvalue weighted by Gasteiger charge is -2.33. The van der Waals surface area contributed by atoms with Crippen LogP contribution in [0.15, 0.2) is 97.5 Å². The summed E-state index contributed by atoms with van der Waals surface area (Å²) >= 11 is 6.39. The molecular formula is C36H34ClFN6O. The van der Waals surface area contributed by atoms with E-state index in [1.165, 1.54) is 23.6 Å². The Bertz CT molecular complexity index is 1790. The van der Waals surface area contributed by atoms with Crippen LogP contribution in [0, 0.1) is 5.92 Å². The van der Waals surface area contributed by atoms with Crippen molar-refractivity contribution in [2.24, 2.45) is 5.92 Å². The standard InChI is InChI=1S/C36H34ClFN6O/c1-36(38)21-32(36)35(45)43-16-14-25(15-17-43)26-8-5-9-27(19-26)30(18-24-6-3-2-4-7-24)33-12-10-28(22-39-33)31-20-29(37)11-13-34(31)44-23-40-41-42-44/h2-13,19-20,22-23,25,30,32H,14-18,21H2,1H3/t30-,32?,36?/m0/s1. The van der Waals surface area contributed by atoms with E-state index in [2.05, 4.69) is 76.2 Å². The number of hydrogen-bond donors (Lipinski definition) is 0. The molecule has 228 valence electrons. The Balaban J connectivity index is 1.15. The third kappa shape index (κ3) is 6.25. The molecule has 9 heteroatoms. The zero-order chi connectivity index (χ0) is 31.0. The second-order valence-electron chi connectivity index (χ2n) is 12.4. The molecule has 1 saturated carbocycles. The van der Waals surface area contributed by atoms with Crippen molar-refractivity contribution in [3.05, 3.63) is 125 Å². The number of amides is 1. The molecule has 2 aromatic heterocycles. The van der Waals surface area contributed by atoms with Gasteiger partial charge in [0.15, 0.2) is 0 Å². The summed E-state index contributed by atoms with van der Waals surface area (Å²) in [5.41, 5.74) is 5.99. The fourth-order valence-electron chi connectivity index (χ4n) is 6.59. The SMILES string of the molecule is CC1(F)CC1C(=O)N1CCC(c2cccc([C@H](Cc3ccccc3)c3ccc(-c4cc(Cl)ccc4-n4cnnn4)cn3)c2)CC1. The number of tetrazole rings is 1. The number of hydrogen-bond acceptors (Lipinski definition) is 5. The number of benzene rings is 3. The molecule has 7 rings (SSSR count). The van der Waals surface area contributed by atoms with Gasteiger partial charge in [-0.2, -0.15) is 4.68 Å². The molecule has 2 unspecified atom stereocenters. The molecule has 2 aliphatic rings. The van der Waals surface area contributed by atoms with Crippen molar-refractivity contribution in [3.8, 4) is 16.8 Å². The number of carbonyl (C=O) groups is 1. The highest BCUT2D eigenvalue weighted by Crippen LogP contribution is 2.48. The minimum absolute atomic E-state index is 0.0208. The van der Waals surface area contributed by atoms with E-state index < -0.39 is 11.6 Å². The lowest BCUT2D eigenvalue weighted by molar-refractivity contribution is -0.134. The van der Waals surface area contributed by atoms with Crippen molar-refractivity contribution in [2.45, 2.75) is 50.1 Å². The maximum absolute atomic E-state index is 14.2. The molecule has 5 aromatic rings. The molecule has 0 bridgehead atoms. The summed E-state index contributed by atoms with van der Waals surface area (Å²) < 4.78 is 15.8. The van der Waals surface area contributed by atoms with Crippen LogP contribution < -0.4 is 0 Å². The molecule has 1 saturated heterocycles. The van der Waals surface area contributed by atoms with Gasteiger partial charge in [0.1, 0.15) is 12.0 Å². The van der Waals surface area contributed by atoms with Crippen LogP contribution in [0.25, 0.3) is 16.8 Å². The number of halogens is 2. The van der Waals surface area contributed by atoms with Gasteiger partial charge in [0.25, 0.3) is 0 Å². The monoisotopic (exact) mass is 620 g/mol. The van der Waals surface area contributed by atoms with Crippen LogP contribution in [0.1, 0.15) is 60.4 Å². The molecule has 0 N–H and O–H groups in total. The fraction of sp³-hybridized carbons (Fsp3) is 0.306. The molecular weight excluding hydrogens is 587 g/mol. The molecule has 3 atom stereocenters. The van der Waals surface area contributed by atoms with E-state index in [0.717, 1.165) is 41.8 Å². The summed E-state index contributed by atoms with van der Waals surface area (Å²) in [6.45, 7) is 2.88. The lowest BCUT2D eigenvalue weighted by atomic mass is 9.84. The van der Waals surface area contributed by atoms with Crippen molar-refractivity contribution in [3.63, 3.8) is 0 Å². The van der Waals surface area contributed by atoms with E-state index >= 15 is 0 Å². The summed E-state index contributed by atoms with van der Waals surface area (Å²) in [5.74, 6) is -0.0868. The van der Waals surface area contributed by atoms with Crippen LogP contribution in [0.3, 0.4) is 0 Å². The summed E-state index contributed by atoms with van der Waals surface area (Å²) in [4.78, 5) is 19.6. The first-order valence-electron chi connectivity index (χ1n) is 15.5. The molecule has 1 aliphatic heterocycles. The van der Waals surface area contributed by atoms with Crippen molar-refractivity contribution >= 4 is 17.5 Å². The first-order valence-corrected chi connectivity index (χ1v) is 15.8. The van der Waals surface area contributed by atoms with Crippen molar-refractivity contribution in [2.75, 3.05) is 13.1 Å². The van der Waals surface area contributed by atoms with Crippen molar-refractivity contribution < 1.29 is 9.18 Å². The predicted octanol–water partition coefficient (Wildman–Crippen LogP) is 7.21. The van der Waals surface area contributed by atoms with Crippen LogP contribution in [0.2, 0.25) is 5.02 Å². The molecule has 0 radical (unpaired) electrons. The van der Waals surface area contributed by atoms with E-state index in [-0.39, 0.29) is 11.8 Å². The van der Waals surface area contributed by atoms with E-state index in [9.17, 15) is 9.18 Å². The van der Waals surface area contributed by atoms with Crippen LogP contribution in [-0.4, -0.2) is 54.8 Å². The number of aromatic nitrogens is 5. The molecule has 45 heavy (non-hydrogen) atoms. The molecule has 7 nitrogen and oxygen atoms in total. The van der Waals surface area contributed by atoms with E-state index in [4.69, 9.17) is 16.6 Å². The van der Waals surface area contributed by atoms with Gasteiger partial charge < -0.3 is 4.90 Å². The lowest BCUT2D eigenvalue weighted by Crippen LogP contribution is -2.39. The van der Waals surface area contributed by atoms with Gasteiger partial charge in [-0.1, -0.05) is 72.3 Å². The molecule has 3 heterocycles. The number of piperidine rings is 1. The number of likely N-dealkylation sites (tertiary alicyclic amines) is 1. The van der Waals surface area contributed by atoms with Crippen LogP contribution in [0.4, 0.5) is 4.39 Å². The maximum atomic E-state index is 14.2. The van der Waals surface area contributed by atoms with Gasteiger partial charge >= 0.3 is 0 Å². The fourth-order valence-corrected chi connectivity index (χ4v) is 6.77. The highest BCUT2D eigenvalue weighted by Gasteiger charge is 2.57. The maximum Gasteiger partial charge on any atom is 0.229 e.